The minimum absolute atomic E-state index is 0.0196. The zero-order chi connectivity index (χ0) is 14.5. The van der Waals surface area contributed by atoms with E-state index in [2.05, 4.69) is 23.1 Å². The highest BCUT2D eigenvalue weighted by Crippen LogP contribution is 2.21. The Hall–Kier alpha value is -1.05. The Labute approximate surface area is 117 Å². The molecule has 1 saturated heterocycles. The smallest absolute Gasteiger partial charge is 0.235 e. The number of hydrogen-bond donors (Lipinski definition) is 2. The first-order valence-electron chi connectivity index (χ1n) is 7.23. The highest BCUT2D eigenvalue weighted by Gasteiger charge is 2.31. The van der Waals surface area contributed by atoms with Gasteiger partial charge in [0.2, 0.25) is 5.91 Å². The summed E-state index contributed by atoms with van der Waals surface area (Å²) in [7, 11) is 0. The minimum atomic E-state index is -0.493. The number of likely N-dealkylation sites (tertiary alicyclic amines) is 1. The Kier molecular flexibility index (Phi) is 5.84. The van der Waals surface area contributed by atoms with E-state index in [0.29, 0.717) is 25.0 Å². The summed E-state index contributed by atoms with van der Waals surface area (Å²) in [5.74, 6) is 3.26. The largest absolute Gasteiger partial charge is 0.339 e. The average Bonchev–Trinajstić information content (AvgIpc) is 2.77. The summed E-state index contributed by atoms with van der Waals surface area (Å²) in [4.78, 5) is 14.3. The van der Waals surface area contributed by atoms with Crippen LogP contribution in [0.15, 0.2) is 0 Å². The molecule has 2 unspecified atom stereocenters. The van der Waals surface area contributed by atoms with Gasteiger partial charge < -0.3 is 11.1 Å². The number of terminal acetylenes is 1. The van der Waals surface area contributed by atoms with Crippen molar-refractivity contribution in [3.63, 3.8) is 0 Å². The van der Waals surface area contributed by atoms with Gasteiger partial charge in [0.15, 0.2) is 0 Å². The Balaban J connectivity index is 2.54. The van der Waals surface area contributed by atoms with E-state index in [1.807, 2.05) is 13.8 Å². The normalized spacial score (nSPS) is 24.2. The van der Waals surface area contributed by atoms with E-state index in [1.54, 1.807) is 0 Å². The van der Waals surface area contributed by atoms with E-state index < -0.39 is 5.54 Å². The molecule has 108 valence electrons. The summed E-state index contributed by atoms with van der Waals surface area (Å²) in [6.45, 7) is 8.18. The molecule has 1 heterocycles. The second-order valence-electron chi connectivity index (χ2n) is 5.60. The SMILES string of the molecule is C#CC(CC)(CC)NC(=O)CN1CC(CN)CC1C. The first-order valence-corrected chi connectivity index (χ1v) is 7.23. The minimum Gasteiger partial charge on any atom is -0.339 e. The van der Waals surface area contributed by atoms with Gasteiger partial charge in [0, 0.05) is 12.6 Å². The van der Waals surface area contributed by atoms with Crippen LogP contribution >= 0.6 is 0 Å². The van der Waals surface area contributed by atoms with Crippen molar-refractivity contribution in [2.24, 2.45) is 11.7 Å². The fourth-order valence-corrected chi connectivity index (χ4v) is 2.77. The second-order valence-corrected chi connectivity index (χ2v) is 5.60. The van der Waals surface area contributed by atoms with Gasteiger partial charge in [0.25, 0.3) is 0 Å². The molecule has 1 rings (SSSR count). The van der Waals surface area contributed by atoms with Crippen LogP contribution in [-0.2, 0) is 4.79 Å². The van der Waals surface area contributed by atoms with Crippen LogP contribution in [-0.4, -0.2) is 42.0 Å². The number of nitrogens with two attached hydrogens (primary N) is 1. The molecule has 0 aromatic heterocycles. The van der Waals surface area contributed by atoms with Crippen molar-refractivity contribution in [2.45, 2.75) is 51.6 Å². The van der Waals surface area contributed by atoms with E-state index in [4.69, 9.17) is 12.2 Å². The van der Waals surface area contributed by atoms with Crippen LogP contribution in [0.1, 0.15) is 40.0 Å². The molecular weight excluding hydrogens is 238 g/mol. The quantitative estimate of drug-likeness (QED) is 0.703. The van der Waals surface area contributed by atoms with E-state index in [-0.39, 0.29) is 5.91 Å². The lowest BCUT2D eigenvalue weighted by atomic mass is 9.94. The molecule has 0 radical (unpaired) electrons. The molecule has 0 aliphatic carbocycles. The molecule has 0 saturated carbocycles. The van der Waals surface area contributed by atoms with E-state index in [1.165, 1.54) is 0 Å². The van der Waals surface area contributed by atoms with Gasteiger partial charge in [-0.3, -0.25) is 9.69 Å². The second kappa shape index (κ2) is 6.93. The van der Waals surface area contributed by atoms with Crippen LogP contribution < -0.4 is 11.1 Å². The molecule has 4 nitrogen and oxygen atoms in total. The maximum Gasteiger partial charge on any atom is 0.235 e. The molecule has 2 atom stereocenters. The van der Waals surface area contributed by atoms with Crippen molar-refractivity contribution < 1.29 is 4.79 Å². The maximum atomic E-state index is 12.2. The lowest BCUT2D eigenvalue weighted by Crippen LogP contribution is -2.50. The summed E-state index contributed by atoms with van der Waals surface area (Å²) in [5.41, 5.74) is 5.21. The number of rotatable bonds is 6. The molecule has 0 aromatic rings. The number of nitrogens with one attached hydrogen (secondary N) is 1. The molecule has 0 bridgehead atoms. The molecule has 4 heteroatoms. The summed E-state index contributed by atoms with van der Waals surface area (Å²) in [6.07, 6.45) is 8.15. The molecule has 1 aliphatic heterocycles. The first-order chi connectivity index (χ1) is 9.00. The fraction of sp³-hybridized carbons (Fsp3) is 0.800. The number of nitrogens with zero attached hydrogens (tertiary/aromatic N) is 1. The zero-order valence-corrected chi connectivity index (χ0v) is 12.4. The summed E-state index contributed by atoms with van der Waals surface area (Å²) in [5, 5.41) is 3.01. The standard InChI is InChI=1S/C15H27N3O/c1-5-15(6-2,7-3)17-14(19)11-18-10-13(9-16)8-12(18)4/h1,12-13H,6-11,16H2,2-4H3,(H,17,19). The lowest BCUT2D eigenvalue weighted by Gasteiger charge is -2.29. The topological polar surface area (TPSA) is 58.4 Å². The van der Waals surface area contributed by atoms with Gasteiger partial charge in [-0.1, -0.05) is 19.8 Å². The number of hydrogen-bond acceptors (Lipinski definition) is 3. The molecule has 3 N–H and O–H groups in total. The highest BCUT2D eigenvalue weighted by atomic mass is 16.2. The van der Waals surface area contributed by atoms with Crippen molar-refractivity contribution in [1.82, 2.24) is 10.2 Å². The van der Waals surface area contributed by atoms with E-state index >= 15 is 0 Å². The van der Waals surface area contributed by atoms with E-state index in [0.717, 1.165) is 25.8 Å². The van der Waals surface area contributed by atoms with Gasteiger partial charge in [0.05, 0.1) is 6.54 Å². The maximum absolute atomic E-state index is 12.2. The molecule has 1 fully saturated rings. The van der Waals surface area contributed by atoms with Crippen molar-refractivity contribution in [3.8, 4) is 12.3 Å². The van der Waals surface area contributed by atoms with Gasteiger partial charge in [-0.2, -0.15) is 0 Å². The van der Waals surface area contributed by atoms with Crippen molar-refractivity contribution in [2.75, 3.05) is 19.6 Å². The Morgan fingerprint density at radius 2 is 2.16 bits per heavy atom. The van der Waals surface area contributed by atoms with Crippen LogP contribution in [0.3, 0.4) is 0 Å². The van der Waals surface area contributed by atoms with Crippen LogP contribution in [0.4, 0.5) is 0 Å². The zero-order valence-electron chi connectivity index (χ0n) is 12.4. The predicted octanol–water partition coefficient (Wildman–Crippen LogP) is 0.964. The van der Waals surface area contributed by atoms with Gasteiger partial charge in [-0.05, 0) is 38.6 Å². The average molecular weight is 265 g/mol. The molecular formula is C15H27N3O. The first kappa shape index (κ1) is 16.0. The number of carbonyl (C=O) groups is 1. The summed E-state index contributed by atoms with van der Waals surface area (Å²) in [6, 6.07) is 0.419. The van der Waals surface area contributed by atoms with Crippen LogP contribution in [0, 0.1) is 18.3 Å². The fourth-order valence-electron chi connectivity index (χ4n) is 2.77. The van der Waals surface area contributed by atoms with Gasteiger partial charge in [0.1, 0.15) is 5.54 Å². The van der Waals surface area contributed by atoms with Crippen LogP contribution in [0.25, 0.3) is 0 Å². The Bertz CT molecular complexity index is 344. The Morgan fingerprint density at radius 1 is 1.53 bits per heavy atom. The Morgan fingerprint density at radius 3 is 2.58 bits per heavy atom. The van der Waals surface area contributed by atoms with Crippen molar-refractivity contribution in [3.05, 3.63) is 0 Å². The van der Waals surface area contributed by atoms with E-state index in [9.17, 15) is 4.79 Å². The van der Waals surface area contributed by atoms with Crippen LogP contribution in [0.5, 0.6) is 0 Å². The highest BCUT2D eigenvalue weighted by molar-refractivity contribution is 5.79. The van der Waals surface area contributed by atoms with Crippen molar-refractivity contribution >= 4 is 5.91 Å². The third-order valence-corrected chi connectivity index (χ3v) is 4.33. The predicted molar refractivity (Wildman–Crippen MR) is 78.5 cm³/mol. The molecule has 1 amide bonds. The molecule has 19 heavy (non-hydrogen) atoms. The third-order valence-electron chi connectivity index (χ3n) is 4.33. The van der Waals surface area contributed by atoms with Crippen LogP contribution in [0.2, 0.25) is 0 Å². The molecule has 1 aliphatic rings. The monoisotopic (exact) mass is 265 g/mol. The molecule has 0 aromatic carbocycles. The van der Waals surface area contributed by atoms with Gasteiger partial charge in [-0.25, -0.2) is 0 Å². The number of amides is 1. The van der Waals surface area contributed by atoms with Gasteiger partial charge in [-0.15, -0.1) is 6.42 Å². The number of carbonyl (C=O) groups excluding carboxylic acids is 1. The summed E-state index contributed by atoms with van der Waals surface area (Å²) >= 11 is 0. The third kappa shape index (κ3) is 3.95. The van der Waals surface area contributed by atoms with Gasteiger partial charge >= 0.3 is 0 Å². The molecule has 0 spiro atoms. The summed E-state index contributed by atoms with van der Waals surface area (Å²) < 4.78 is 0. The lowest BCUT2D eigenvalue weighted by molar-refractivity contribution is -0.123. The van der Waals surface area contributed by atoms with Crippen molar-refractivity contribution in [1.29, 1.82) is 0 Å².